The maximum absolute atomic E-state index is 13.4. The molecular weight excluding hydrogens is 407 g/mol. The highest BCUT2D eigenvalue weighted by atomic mass is 19.4. The molecule has 0 bridgehead atoms. The Morgan fingerprint density at radius 3 is 2.58 bits per heavy atom. The van der Waals surface area contributed by atoms with Gasteiger partial charge >= 0.3 is 6.18 Å². The molecular formula is C23H30F3N3O2. The van der Waals surface area contributed by atoms with Gasteiger partial charge in [0.2, 0.25) is 5.91 Å². The predicted octanol–water partition coefficient (Wildman–Crippen LogP) is 4.31. The molecule has 2 unspecified atom stereocenters. The zero-order valence-corrected chi connectivity index (χ0v) is 18.6. The molecule has 0 saturated carbocycles. The van der Waals surface area contributed by atoms with Crippen molar-refractivity contribution in [2.75, 3.05) is 44.8 Å². The average Bonchev–Trinajstić information content (AvgIpc) is 3.04. The molecule has 1 amide bonds. The molecule has 2 saturated heterocycles. The van der Waals surface area contributed by atoms with Crippen LogP contribution in [0.5, 0.6) is 0 Å². The lowest BCUT2D eigenvalue weighted by molar-refractivity contribution is -0.138. The number of benzene rings is 1. The monoisotopic (exact) mass is 437 g/mol. The van der Waals surface area contributed by atoms with E-state index in [0.717, 1.165) is 12.5 Å². The van der Waals surface area contributed by atoms with Gasteiger partial charge in [0.25, 0.3) is 0 Å². The van der Waals surface area contributed by atoms with Crippen LogP contribution in [-0.2, 0) is 15.7 Å². The average molecular weight is 438 g/mol. The van der Waals surface area contributed by atoms with Gasteiger partial charge in [-0.1, -0.05) is 20.8 Å². The third-order valence-corrected chi connectivity index (χ3v) is 6.39. The van der Waals surface area contributed by atoms with Gasteiger partial charge in [-0.05, 0) is 30.0 Å². The molecule has 2 aliphatic rings. The Morgan fingerprint density at radius 1 is 1.29 bits per heavy atom. The number of carbonyl (C=O) groups excluding carboxylic acids is 1. The molecule has 1 aromatic carbocycles. The summed E-state index contributed by atoms with van der Waals surface area (Å²) in [7, 11) is 1.63. The van der Waals surface area contributed by atoms with Gasteiger partial charge in [-0.15, -0.1) is 0 Å². The molecule has 2 fully saturated rings. The summed E-state index contributed by atoms with van der Waals surface area (Å²) >= 11 is 0. The molecule has 0 aromatic heterocycles. The normalized spacial score (nSPS) is 24.1. The van der Waals surface area contributed by atoms with Crippen LogP contribution < -0.4 is 4.90 Å². The van der Waals surface area contributed by atoms with Gasteiger partial charge in [0.05, 0.1) is 23.8 Å². The van der Waals surface area contributed by atoms with Crippen molar-refractivity contribution in [3.63, 3.8) is 0 Å². The predicted molar refractivity (Wildman–Crippen MR) is 111 cm³/mol. The number of fused-ring (bicyclic) bond motifs is 1. The third-order valence-electron chi connectivity index (χ3n) is 6.39. The van der Waals surface area contributed by atoms with Crippen molar-refractivity contribution in [3.8, 4) is 6.07 Å². The van der Waals surface area contributed by atoms with E-state index < -0.39 is 11.7 Å². The maximum atomic E-state index is 13.4. The van der Waals surface area contributed by atoms with Gasteiger partial charge in [0.15, 0.2) is 0 Å². The molecule has 8 heteroatoms. The molecule has 0 spiro atoms. The van der Waals surface area contributed by atoms with Crippen molar-refractivity contribution < 1.29 is 22.7 Å². The van der Waals surface area contributed by atoms with Gasteiger partial charge in [0.1, 0.15) is 0 Å². The topological polar surface area (TPSA) is 56.6 Å². The standard InChI is InChI=1S/C23H30F3N3O2/c1-21(2,3)10-20(30)28-8-7-22(15-31-4)14-29(13-17(22)12-28)18-6-5-16(11-27)19(9-18)23(24,25)26/h5-6,9,17H,7-8,10,12-15H2,1-4H3. The second kappa shape index (κ2) is 8.34. The Bertz CT molecular complexity index is 872. The van der Waals surface area contributed by atoms with E-state index in [2.05, 4.69) is 0 Å². The number of alkyl halides is 3. The highest BCUT2D eigenvalue weighted by Crippen LogP contribution is 2.45. The molecule has 3 rings (SSSR count). The fourth-order valence-electron chi connectivity index (χ4n) is 4.86. The first-order valence-corrected chi connectivity index (χ1v) is 10.5. The summed E-state index contributed by atoms with van der Waals surface area (Å²) < 4.78 is 45.8. The number of nitriles is 1. The summed E-state index contributed by atoms with van der Waals surface area (Å²) in [6.45, 7) is 8.92. The number of hydrogen-bond acceptors (Lipinski definition) is 4. The SMILES string of the molecule is COCC12CCN(C(=O)CC(C)(C)C)CC1CN(c1ccc(C#N)c(C(F)(F)F)c1)C2. The van der Waals surface area contributed by atoms with Crippen LogP contribution in [0.2, 0.25) is 0 Å². The highest BCUT2D eigenvalue weighted by Gasteiger charge is 2.50. The van der Waals surface area contributed by atoms with E-state index in [0.29, 0.717) is 44.9 Å². The van der Waals surface area contributed by atoms with Crippen LogP contribution in [0.15, 0.2) is 18.2 Å². The molecule has 0 radical (unpaired) electrons. The number of nitrogens with zero attached hydrogens (tertiary/aromatic N) is 3. The number of amides is 1. The second-order valence-corrected chi connectivity index (χ2v) is 10.0. The van der Waals surface area contributed by atoms with Crippen molar-refractivity contribution in [3.05, 3.63) is 29.3 Å². The zero-order chi connectivity index (χ0) is 23.0. The van der Waals surface area contributed by atoms with Gasteiger partial charge in [-0.25, -0.2) is 0 Å². The summed E-state index contributed by atoms with van der Waals surface area (Å²) in [4.78, 5) is 16.6. The number of likely N-dealkylation sites (tertiary alicyclic amines) is 1. The van der Waals surface area contributed by atoms with E-state index in [1.54, 1.807) is 19.2 Å². The van der Waals surface area contributed by atoms with Crippen molar-refractivity contribution in [2.24, 2.45) is 16.7 Å². The fraction of sp³-hybridized carbons (Fsp3) is 0.652. The van der Waals surface area contributed by atoms with Crippen LogP contribution in [0, 0.1) is 28.1 Å². The highest BCUT2D eigenvalue weighted by molar-refractivity contribution is 5.77. The van der Waals surface area contributed by atoms with Gasteiger partial charge in [0, 0.05) is 56.7 Å². The molecule has 2 aliphatic heterocycles. The van der Waals surface area contributed by atoms with E-state index in [9.17, 15) is 18.0 Å². The number of piperidine rings is 1. The number of methoxy groups -OCH3 is 1. The van der Waals surface area contributed by atoms with E-state index in [-0.39, 0.29) is 28.2 Å². The van der Waals surface area contributed by atoms with E-state index in [1.165, 1.54) is 6.07 Å². The minimum absolute atomic E-state index is 0.101. The van der Waals surface area contributed by atoms with Gasteiger partial charge in [-0.2, -0.15) is 18.4 Å². The molecule has 170 valence electrons. The largest absolute Gasteiger partial charge is 0.417 e. The quantitative estimate of drug-likeness (QED) is 0.704. The molecule has 0 aliphatic carbocycles. The van der Waals surface area contributed by atoms with Gasteiger partial charge in [-0.3, -0.25) is 4.79 Å². The summed E-state index contributed by atoms with van der Waals surface area (Å²) in [6, 6.07) is 5.52. The summed E-state index contributed by atoms with van der Waals surface area (Å²) in [5, 5.41) is 9.06. The lowest BCUT2D eigenvalue weighted by Crippen LogP contribution is -2.51. The number of rotatable bonds is 4. The van der Waals surface area contributed by atoms with Crippen LogP contribution in [-0.4, -0.2) is 50.7 Å². The summed E-state index contributed by atoms with van der Waals surface area (Å²) in [5.41, 5.74) is -1.15. The summed E-state index contributed by atoms with van der Waals surface area (Å²) in [5.74, 6) is 0.227. The van der Waals surface area contributed by atoms with Crippen LogP contribution in [0.3, 0.4) is 0 Å². The van der Waals surface area contributed by atoms with Crippen LogP contribution in [0.4, 0.5) is 18.9 Å². The number of ether oxygens (including phenoxy) is 1. The van der Waals surface area contributed by atoms with Crippen molar-refractivity contribution >= 4 is 11.6 Å². The van der Waals surface area contributed by atoms with Crippen LogP contribution in [0.1, 0.15) is 44.7 Å². The van der Waals surface area contributed by atoms with E-state index in [1.807, 2.05) is 30.6 Å². The van der Waals surface area contributed by atoms with E-state index >= 15 is 0 Å². The molecule has 2 heterocycles. The van der Waals surface area contributed by atoms with Crippen molar-refractivity contribution in [1.29, 1.82) is 5.26 Å². The minimum Gasteiger partial charge on any atom is -0.384 e. The third kappa shape index (κ3) is 4.98. The lowest BCUT2D eigenvalue weighted by atomic mass is 9.73. The van der Waals surface area contributed by atoms with Crippen molar-refractivity contribution in [1.82, 2.24) is 4.90 Å². The first-order valence-electron chi connectivity index (χ1n) is 10.5. The smallest absolute Gasteiger partial charge is 0.384 e. The van der Waals surface area contributed by atoms with Crippen LogP contribution >= 0.6 is 0 Å². The second-order valence-electron chi connectivity index (χ2n) is 10.0. The molecule has 0 N–H and O–H groups in total. The number of carbonyl (C=O) groups is 1. The Hall–Kier alpha value is -2.27. The fourth-order valence-corrected chi connectivity index (χ4v) is 4.86. The van der Waals surface area contributed by atoms with Gasteiger partial charge < -0.3 is 14.5 Å². The first-order chi connectivity index (χ1) is 14.4. The number of halogens is 3. The number of hydrogen-bond donors (Lipinski definition) is 0. The lowest BCUT2D eigenvalue weighted by Gasteiger charge is -2.43. The molecule has 5 nitrogen and oxygen atoms in total. The molecule has 31 heavy (non-hydrogen) atoms. The minimum atomic E-state index is -4.59. The Labute approximate surface area is 181 Å². The Balaban J connectivity index is 1.85. The molecule has 1 aromatic rings. The summed E-state index contributed by atoms with van der Waals surface area (Å²) in [6.07, 6.45) is -3.38. The Morgan fingerprint density at radius 2 is 2.00 bits per heavy atom. The van der Waals surface area contributed by atoms with Crippen molar-refractivity contribution in [2.45, 2.75) is 39.8 Å². The number of anilines is 1. The first kappa shape index (κ1) is 23.4. The van der Waals surface area contributed by atoms with E-state index in [4.69, 9.17) is 10.00 Å². The van der Waals surface area contributed by atoms with Crippen LogP contribution in [0.25, 0.3) is 0 Å². The Kier molecular flexibility index (Phi) is 6.30. The molecule has 2 atom stereocenters. The maximum Gasteiger partial charge on any atom is 0.417 e. The zero-order valence-electron chi connectivity index (χ0n) is 18.6.